The Hall–Kier alpha value is 0.0200. The molecule has 0 aromatic heterocycles. The first-order chi connectivity index (χ1) is 3.18. The Morgan fingerprint density at radius 3 is 2.14 bits per heavy atom. The van der Waals surface area contributed by atoms with E-state index in [1.165, 1.54) is 6.92 Å². The summed E-state index contributed by atoms with van der Waals surface area (Å²) in [6.45, 7) is 3.17. The van der Waals surface area contributed by atoms with Gasteiger partial charge in [0.15, 0.2) is 0 Å². The topological polar surface area (TPSA) is 23.1 Å². The Morgan fingerprint density at radius 2 is 2.14 bits per heavy atom. The van der Waals surface area contributed by atoms with Crippen LogP contribution in [-0.4, -0.2) is 0 Å². The lowest BCUT2D eigenvalue weighted by Crippen LogP contribution is -1.99. The highest BCUT2D eigenvalue weighted by atomic mass is 79.9. The van der Waals surface area contributed by atoms with E-state index < -0.39 is 0 Å². The smallest absolute Gasteiger partial charge is 0.0197 e. The second kappa shape index (κ2) is 3.08. The van der Waals surface area contributed by atoms with E-state index in [1.54, 1.807) is 6.92 Å². The minimum Gasteiger partial charge on any atom is -0.875 e. The molecule has 0 N–H and O–H groups in total. The summed E-state index contributed by atoms with van der Waals surface area (Å²) in [4.78, 5) is 0. The lowest BCUT2D eigenvalue weighted by atomic mass is 10.4. The fourth-order valence-corrected chi connectivity index (χ4v) is 0.176. The van der Waals surface area contributed by atoms with Crippen molar-refractivity contribution >= 4 is 15.9 Å². The predicted molar refractivity (Wildman–Crippen MR) is 30.5 cm³/mol. The van der Waals surface area contributed by atoms with Crippen LogP contribution in [0.5, 0.6) is 0 Å². The van der Waals surface area contributed by atoms with Gasteiger partial charge in [0.2, 0.25) is 0 Å². The van der Waals surface area contributed by atoms with E-state index in [9.17, 15) is 5.11 Å². The number of hydrogen-bond donors (Lipinski definition) is 0. The Morgan fingerprint density at radius 1 is 1.71 bits per heavy atom. The summed E-state index contributed by atoms with van der Waals surface area (Å²) in [5.41, 5.74) is 0. The maximum absolute atomic E-state index is 10.2. The van der Waals surface area contributed by atoms with E-state index in [4.69, 9.17) is 0 Å². The van der Waals surface area contributed by atoms with Crippen molar-refractivity contribution in [2.24, 2.45) is 0 Å². The molecule has 0 fully saturated rings. The molecule has 7 heavy (non-hydrogen) atoms. The fourth-order valence-electron chi connectivity index (χ4n) is 0.176. The molecule has 2 heteroatoms. The van der Waals surface area contributed by atoms with Gasteiger partial charge in [0.1, 0.15) is 0 Å². The summed E-state index contributed by atoms with van der Waals surface area (Å²) >= 11 is 3.00. The first kappa shape index (κ1) is 7.02. The average Bonchev–Trinajstić information content (AvgIpc) is 1.65. The van der Waals surface area contributed by atoms with Gasteiger partial charge in [-0.15, -0.1) is 5.76 Å². The molecule has 0 aliphatic carbocycles. The van der Waals surface area contributed by atoms with Gasteiger partial charge in [0, 0.05) is 6.42 Å². The highest BCUT2D eigenvalue weighted by Gasteiger charge is 1.81. The van der Waals surface area contributed by atoms with Crippen LogP contribution < -0.4 is 5.11 Å². The Labute approximate surface area is 52.2 Å². The first-order valence-corrected chi connectivity index (χ1v) is 2.69. The SMILES string of the molecule is C[C]/C(Br)=C(/C)[O-]. The first-order valence-electron chi connectivity index (χ1n) is 1.89. The van der Waals surface area contributed by atoms with Crippen LogP contribution in [0.4, 0.5) is 0 Å². The molecule has 0 aliphatic rings. The monoisotopic (exact) mass is 161 g/mol. The molecule has 2 radical (unpaired) electrons. The molecule has 0 bridgehead atoms. The van der Waals surface area contributed by atoms with Crippen LogP contribution in [0.2, 0.25) is 0 Å². The minimum atomic E-state index is 0.0162. The maximum Gasteiger partial charge on any atom is 0.0197 e. The van der Waals surface area contributed by atoms with E-state index in [0.717, 1.165) is 0 Å². The van der Waals surface area contributed by atoms with Crippen molar-refractivity contribution < 1.29 is 5.11 Å². The summed E-state index contributed by atoms with van der Waals surface area (Å²) in [7, 11) is 0. The minimum absolute atomic E-state index is 0.0162. The van der Waals surface area contributed by atoms with Crippen LogP contribution in [0.25, 0.3) is 0 Å². The van der Waals surface area contributed by atoms with Crippen LogP contribution in [0.1, 0.15) is 13.8 Å². The zero-order valence-corrected chi connectivity index (χ0v) is 5.87. The maximum atomic E-state index is 10.2. The van der Waals surface area contributed by atoms with E-state index in [1.807, 2.05) is 0 Å². The Bertz CT molecular complexity index is 82.1. The van der Waals surface area contributed by atoms with E-state index in [2.05, 4.69) is 22.4 Å². The van der Waals surface area contributed by atoms with Gasteiger partial charge in [0.05, 0.1) is 0 Å². The zero-order valence-electron chi connectivity index (χ0n) is 4.29. The molecule has 0 saturated carbocycles. The molecule has 0 saturated heterocycles. The third kappa shape index (κ3) is 2.68. The van der Waals surface area contributed by atoms with Crippen molar-refractivity contribution in [3.05, 3.63) is 16.7 Å². The summed E-state index contributed by atoms with van der Waals surface area (Å²) < 4.78 is 0.521. The standard InChI is InChI=1S/C5H7BrO/c1-3-5(6)4(2)7/h7H,1-2H3/p-1/b5-4+. The van der Waals surface area contributed by atoms with Crippen molar-refractivity contribution in [2.45, 2.75) is 13.8 Å². The molecule has 0 aliphatic heterocycles. The van der Waals surface area contributed by atoms with Crippen molar-refractivity contribution in [1.29, 1.82) is 0 Å². The van der Waals surface area contributed by atoms with E-state index in [0.29, 0.717) is 4.48 Å². The summed E-state index contributed by atoms with van der Waals surface area (Å²) in [6.07, 6.45) is 2.65. The zero-order chi connectivity index (χ0) is 5.86. The summed E-state index contributed by atoms with van der Waals surface area (Å²) in [5.74, 6) is 0.0162. The average molecular weight is 162 g/mol. The number of hydrogen-bond acceptors (Lipinski definition) is 1. The van der Waals surface area contributed by atoms with Crippen molar-refractivity contribution in [3.63, 3.8) is 0 Å². The molecular weight excluding hydrogens is 156 g/mol. The van der Waals surface area contributed by atoms with Gasteiger partial charge in [-0.2, -0.15) is 0 Å². The van der Waals surface area contributed by atoms with Crippen molar-refractivity contribution in [1.82, 2.24) is 0 Å². The van der Waals surface area contributed by atoms with Crippen molar-refractivity contribution in [3.8, 4) is 0 Å². The molecule has 0 aromatic rings. The quantitative estimate of drug-likeness (QED) is 0.529. The van der Waals surface area contributed by atoms with E-state index in [-0.39, 0.29) is 5.76 Å². The van der Waals surface area contributed by atoms with Crippen LogP contribution in [0.3, 0.4) is 0 Å². The molecule has 0 spiro atoms. The summed E-state index contributed by atoms with van der Waals surface area (Å²) in [6, 6.07) is 0. The lowest BCUT2D eigenvalue weighted by molar-refractivity contribution is -0.302. The van der Waals surface area contributed by atoms with E-state index >= 15 is 0 Å². The molecule has 1 nitrogen and oxygen atoms in total. The van der Waals surface area contributed by atoms with Gasteiger partial charge < -0.3 is 5.11 Å². The van der Waals surface area contributed by atoms with Gasteiger partial charge in [-0.05, 0) is 4.48 Å². The molecule has 0 aromatic carbocycles. The van der Waals surface area contributed by atoms with Crippen LogP contribution >= 0.6 is 15.9 Å². The number of allylic oxidation sites excluding steroid dienone is 2. The third-order valence-electron chi connectivity index (χ3n) is 0.529. The van der Waals surface area contributed by atoms with Crippen LogP contribution in [0.15, 0.2) is 10.2 Å². The molecule has 0 heterocycles. The van der Waals surface area contributed by atoms with Gasteiger partial charge >= 0.3 is 0 Å². The number of rotatable bonds is 1. The molecule has 0 amide bonds. The van der Waals surface area contributed by atoms with Gasteiger partial charge in [0.25, 0.3) is 0 Å². The Balaban J connectivity index is 3.72. The third-order valence-corrected chi connectivity index (χ3v) is 1.48. The highest BCUT2D eigenvalue weighted by molar-refractivity contribution is 9.11. The molecule has 40 valence electrons. The molecule has 0 atom stereocenters. The number of halogens is 1. The molecule has 0 unspecified atom stereocenters. The van der Waals surface area contributed by atoms with Crippen LogP contribution in [-0.2, 0) is 0 Å². The lowest BCUT2D eigenvalue weighted by Gasteiger charge is -2.04. The second-order valence-electron chi connectivity index (χ2n) is 1.12. The van der Waals surface area contributed by atoms with Crippen molar-refractivity contribution in [2.75, 3.05) is 0 Å². The van der Waals surface area contributed by atoms with Gasteiger partial charge in [-0.1, -0.05) is 29.8 Å². The molecular formula is C5H6BrO-. The largest absolute Gasteiger partial charge is 0.875 e. The highest BCUT2D eigenvalue weighted by Crippen LogP contribution is 2.09. The Kier molecular flexibility index (Phi) is 3.09. The fraction of sp³-hybridized carbons (Fsp3) is 0.400. The predicted octanol–water partition coefficient (Wildman–Crippen LogP) is 1.07. The molecule has 0 rings (SSSR count). The van der Waals surface area contributed by atoms with Crippen LogP contribution in [0, 0.1) is 6.42 Å². The second-order valence-corrected chi connectivity index (χ2v) is 1.91. The van der Waals surface area contributed by atoms with Gasteiger partial charge in [-0.3, -0.25) is 0 Å². The normalized spacial score (nSPS) is 13.6. The summed E-state index contributed by atoms with van der Waals surface area (Å²) in [5, 5.41) is 10.2. The van der Waals surface area contributed by atoms with Gasteiger partial charge in [-0.25, -0.2) is 0 Å².